The van der Waals surface area contributed by atoms with Gasteiger partial charge < -0.3 is 10.2 Å². The largest absolute Gasteiger partial charge is 0.350 e. The van der Waals surface area contributed by atoms with Crippen molar-refractivity contribution in [3.8, 4) is 0 Å². The summed E-state index contributed by atoms with van der Waals surface area (Å²) >= 11 is 7.27. The van der Waals surface area contributed by atoms with E-state index in [-0.39, 0.29) is 0 Å². The van der Waals surface area contributed by atoms with Crippen molar-refractivity contribution in [3.05, 3.63) is 34.2 Å². The Hall–Kier alpha value is -1.73. The Kier molecular flexibility index (Phi) is 2.99. The van der Waals surface area contributed by atoms with Gasteiger partial charge in [-0.05, 0) is 17.5 Å². The highest BCUT2D eigenvalue weighted by Gasteiger charge is 2.69. The third-order valence-electron chi connectivity index (χ3n) is 4.44. The quantitative estimate of drug-likeness (QED) is 0.853. The van der Waals surface area contributed by atoms with Crippen LogP contribution in [0.4, 0.5) is 8.78 Å². The summed E-state index contributed by atoms with van der Waals surface area (Å²) in [4.78, 5) is 25.6. The summed E-state index contributed by atoms with van der Waals surface area (Å²) < 4.78 is 30.1. The highest BCUT2D eigenvalue weighted by Crippen LogP contribution is 2.43. The fourth-order valence-electron chi connectivity index (χ4n) is 3.15. The lowest BCUT2D eigenvalue weighted by molar-refractivity contribution is -0.132. The molecule has 2 atom stereocenters. The Bertz CT molecular complexity index is 857. The summed E-state index contributed by atoms with van der Waals surface area (Å²) in [6, 6.07) is 6.95. The molecule has 8 heteroatoms. The standard InChI is InChI=1S/C15H11ClF2N2O2S/c16-9-3-1-2-8-4-10(23-11(8)9)12(21)20-6-14(17)5-19-13(22)15(14,18)7-20/h1-4H,5-7H2,(H,19,22)/t14-,15-/m1/s1. The Balaban J connectivity index is 1.67. The van der Waals surface area contributed by atoms with Crippen LogP contribution in [0.15, 0.2) is 24.3 Å². The fraction of sp³-hybridized carbons (Fsp3) is 0.333. The second kappa shape index (κ2) is 4.64. The van der Waals surface area contributed by atoms with E-state index in [4.69, 9.17) is 11.6 Å². The molecule has 0 unspecified atom stereocenters. The molecule has 1 aromatic heterocycles. The second-order valence-electron chi connectivity index (χ2n) is 5.88. The van der Waals surface area contributed by atoms with Crippen LogP contribution in [-0.4, -0.2) is 47.7 Å². The number of alkyl halides is 2. The molecule has 1 N–H and O–H groups in total. The van der Waals surface area contributed by atoms with Crippen LogP contribution in [0, 0.1) is 0 Å². The zero-order valence-corrected chi connectivity index (χ0v) is 13.3. The first-order valence-corrected chi connectivity index (χ1v) is 8.17. The first-order valence-electron chi connectivity index (χ1n) is 6.98. The molecule has 0 aliphatic carbocycles. The molecule has 2 saturated heterocycles. The van der Waals surface area contributed by atoms with Crippen molar-refractivity contribution in [1.29, 1.82) is 0 Å². The summed E-state index contributed by atoms with van der Waals surface area (Å²) in [6.07, 6.45) is 0. The lowest BCUT2D eigenvalue weighted by atomic mass is 9.93. The number of thiophene rings is 1. The third kappa shape index (κ3) is 1.93. The van der Waals surface area contributed by atoms with Crippen LogP contribution in [-0.2, 0) is 4.79 Å². The van der Waals surface area contributed by atoms with Crippen LogP contribution in [0.2, 0.25) is 5.02 Å². The Morgan fingerprint density at radius 3 is 2.83 bits per heavy atom. The number of hydrogen-bond donors (Lipinski definition) is 1. The number of amides is 2. The van der Waals surface area contributed by atoms with E-state index < -0.39 is 42.8 Å². The van der Waals surface area contributed by atoms with Gasteiger partial charge in [0.1, 0.15) is 0 Å². The highest BCUT2D eigenvalue weighted by atomic mass is 35.5. The van der Waals surface area contributed by atoms with Gasteiger partial charge in [0.05, 0.1) is 34.2 Å². The zero-order chi connectivity index (χ0) is 16.4. The first kappa shape index (κ1) is 14.8. The summed E-state index contributed by atoms with van der Waals surface area (Å²) in [7, 11) is 0. The average Bonchev–Trinajstić information content (AvgIpc) is 3.11. The van der Waals surface area contributed by atoms with Crippen LogP contribution in [0.3, 0.4) is 0 Å². The van der Waals surface area contributed by atoms with Crippen LogP contribution in [0.5, 0.6) is 0 Å². The lowest BCUT2D eigenvalue weighted by Crippen LogP contribution is -2.47. The predicted octanol–water partition coefficient (Wildman–Crippen LogP) is 2.56. The molecule has 0 bridgehead atoms. The van der Waals surface area contributed by atoms with Gasteiger partial charge in [-0.2, -0.15) is 0 Å². The fourth-order valence-corrected chi connectivity index (χ4v) is 4.48. The third-order valence-corrected chi connectivity index (χ3v) is 6.04. The molecule has 3 heterocycles. The van der Waals surface area contributed by atoms with E-state index >= 15 is 0 Å². The number of nitrogens with one attached hydrogen (secondary N) is 1. The smallest absolute Gasteiger partial charge is 0.264 e. The van der Waals surface area contributed by atoms with E-state index in [1.54, 1.807) is 18.2 Å². The zero-order valence-electron chi connectivity index (χ0n) is 11.7. The number of fused-ring (bicyclic) bond motifs is 2. The summed E-state index contributed by atoms with van der Waals surface area (Å²) in [6.45, 7) is -1.43. The number of carbonyl (C=O) groups excluding carboxylic acids is 2. The van der Waals surface area contributed by atoms with Crippen LogP contribution in [0.1, 0.15) is 9.67 Å². The molecule has 4 nitrogen and oxygen atoms in total. The maximum absolute atomic E-state index is 14.7. The number of halogens is 3. The van der Waals surface area contributed by atoms with Crippen molar-refractivity contribution < 1.29 is 18.4 Å². The summed E-state index contributed by atoms with van der Waals surface area (Å²) in [5, 5.41) is 3.51. The van der Waals surface area contributed by atoms with Crippen LogP contribution < -0.4 is 5.32 Å². The Morgan fingerprint density at radius 2 is 2.13 bits per heavy atom. The molecule has 0 spiro atoms. The number of nitrogens with zero attached hydrogens (tertiary/aromatic N) is 1. The van der Waals surface area contributed by atoms with Crippen molar-refractivity contribution in [2.24, 2.45) is 0 Å². The van der Waals surface area contributed by atoms with Gasteiger partial charge in [0.25, 0.3) is 11.8 Å². The second-order valence-corrected chi connectivity index (χ2v) is 7.34. The number of carbonyl (C=O) groups is 2. The highest BCUT2D eigenvalue weighted by molar-refractivity contribution is 7.21. The van der Waals surface area contributed by atoms with E-state index in [9.17, 15) is 18.4 Å². The maximum Gasteiger partial charge on any atom is 0.264 e. The molecule has 0 radical (unpaired) electrons. The minimum Gasteiger partial charge on any atom is -0.350 e. The molecular weight excluding hydrogens is 346 g/mol. The van der Waals surface area contributed by atoms with Crippen molar-refractivity contribution in [2.45, 2.75) is 11.3 Å². The molecular formula is C15H11ClF2N2O2S. The van der Waals surface area contributed by atoms with Crippen LogP contribution in [0.25, 0.3) is 10.1 Å². The predicted molar refractivity (Wildman–Crippen MR) is 83.4 cm³/mol. The van der Waals surface area contributed by atoms with Crippen molar-refractivity contribution >= 4 is 44.8 Å². The monoisotopic (exact) mass is 356 g/mol. The number of likely N-dealkylation sites (tertiary alicyclic amines) is 1. The van der Waals surface area contributed by atoms with Gasteiger partial charge in [-0.25, -0.2) is 8.78 Å². The molecule has 0 saturated carbocycles. The van der Waals surface area contributed by atoms with Crippen molar-refractivity contribution in [1.82, 2.24) is 10.2 Å². The molecule has 2 amide bonds. The van der Waals surface area contributed by atoms with E-state index in [2.05, 4.69) is 5.32 Å². The van der Waals surface area contributed by atoms with Gasteiger partial charge in [0.15, 0.2) is 5.67 Å². The van der Waals surface area contributed by atoms with Crippen molar-refractivity contribution in [2.75, 3.05) is 19.6 Å². The lowest BCUT2D eigenvalue weighted by Gasteiger charge is -2.19. The van der Waals surface area contributed by atoms with Gasteiger partial charge in [-0.3, -0.25) is 9.59 Å². The van der Waals surface area contributed by atoms with Gasteiger partial charge in [-0.15, -0.1) is 11.3 Å². The van der Waals surface area contributed by atoms with E-state index in [0.717, 1.165) is 15.0 Å². The van der Waals surface area contributed by atoms with Crippen molar-refractivity contribution in [3.63, 3.8) is 0 Å². The maximum atomic E-state index is 14.7. The van der Waals surface area contributed by atoms with Gasteiger partial charge in [0.2, 0.25) is 5.67 Å². The molecule has 4 rings (SSSR count). The van der Waals surface area contributed by atoms with Gasteiger partial charge in [0, 0.05) is 0 Å². The SMILES string of the molecule is O=C(c1cc2cccc(Cl)c2s1)N1C[C@]2(F)CNC(=O)[C@]2(F)C1. The number of hydrogen-bond acceptors (Lipinski definition) is 3. The summed E-state index contributed by atoms with van der Waals surface area (Å²) in [5.74, 6) is -1.48. The Morgan fingerprint density at radius 1 is 1.35 bits per heavy atom. The molecule has 1 aromatic carbocycles. The molecule has 120 valence electrons. The summed E-state index contributed by atoms with van der Waals surface area (Å²) in [5.41, 5.74) is -5.04. The van der Waals surface area contributed by atoms with E-state index in [0.29, 0.717) is 9.90 Å². The van der Waals surface area contributed by atoms with Gasteiger partial charge >= 0.3 is 0 Å². The topological polar surface area (TPSA) is 49.4 Å². The molecule has 2 aromatic rings. The van der Waals surface area contributed by atoms with E-state index in [1.807, 2.05) is 6.07 Å². The first-order chi connectivity index (χ1) is 10.8. The number of rotatable bonds is 1. The molecule has 2 aliphatic heterocycles. The molecule has 2 fully saturated rings. The normalized spacial score (nSPS) is 29.9. The molecule has 23 heavy (non-hydrogen) atoms. The number of benzene rings is 1. The average molecular weight is 357 g/mol. The molecule has 2 aliphatic rings. The minimum atomic E-state index is -2.67. The van der Waals surface area contributed by atoms with Gasteiger partial charge in [-0.1, -0.05) is 23.7 Å². The van der Waals surface area contributed by atoms with Crippen LogP contribution >= 0.6 is 22.9 Å². The minimum absolute atomic E-state index is 0.348. The van der Waals surface area contributed by atoms with E-state index in [1.165, 1.54) is 11.3 Å². The Labute approximate surface area is 139 Å².